The quantitative estimate of drug-likeness (QED) is 0.839. The number of hydrogen-bond donors (Lipinski definition) is 2. The molecule has 0 amide bonds. The fourth-order valence-electron chi connectivity index (χ4n) is 1.45. The number of nitrogens with zero attached hydrogens (tertiary/aromatic N) is 2. The Labute approximate surface area is 109 Å². The van der Waals surface area contributed by atoms with Crippen molar-refractivity contribution in [2.75, 3.05) is 11.1 Å². The van der Waals surface area contributed by atoms with Crippen LogP contribution in [-0.2, 0) is 0 Å². The van der Waals surface area contributed by atoms with Gasteiger partial charge in [-0.3, -0.25) is 0 Å². The van der Waals surface area contributed by atoms with Crippen LogP contribution in [0.5, 0.6) is 0 Å². The van der Waals surface area contributed by atoms with Gasteiger partial charge in [-0.25, -0.2) is 9.97 Å². The molecule has 0 spiro atoms. The van der Waals surface area contributed by atoms with Crippen LogP contribution in [-0.4, -0.2) is 9.97 Å². The fraction of sp³-hybridized carbons (Fsp3) is 0.273. The van der Waals surface area contributed by atoms with E-state index in [1.807, 2.05) is 19.2 Å². The van der Waals surface area contributed by atoms with E-state index in [1.54, 1.807) is 23.5 Å². The number of pyridine rings is 1. The molecule has 0 saturated heterocycles. The molecule has 2 aromatic heterocycles. The van der Waals surface area contributed by atoms with Crippen molar-refractivity contribution >= 4 is 34.4 Å². The summed E-state index contributed by atoms with van der Waals surface area (Å²) in [7, 11) is 0. The second-order valence-corrected chi connectivity index (χ2v) is 5.08. The Kier molecular flexibility index (Phi) is 3.49. The molecule has 1 unspecified atom stereocenters. The molecule has 2 aromatic rings. The molecule has 0 fully saturated rings. The van der Waals surface area contributed by atoms with Crippen LogP contribution in [0.3, 0.4) is 0 Å². The van der Waals surface area contributed by atoms with Gasteiger partial charge in [-0.2, -0.15) is 0 Å². The number of nitrogens with two attached hydrogens (primary N) is 1. The van der Waals surface area contributed by atoms with Gasteiger partial charge >= 0.3 is 0 Å². The lowest BCUT2D eigenvalue weighted by Gasteiger charge is -2.12. The van der Waals surface area contributed by atoms with Crippen LogP contribution in [0.1, 0.15) is 23.7 Å². The third kappa shape index (κ3) is 3.08. The maximum atomic E-state index is 5.84. The van der Waals surface area contributed by atoms with Crippen molar-refractivity contribution in [1.82, 2.24) is 9.97 Å². The molecular formula is C11H13ClN4S. The number of hydrogen-bond acceptors (Lipinski definition) is 5. The smallest absolute Gasteiger partial charge is 0.133 e. The number of anilines is 2. The Balaban J connectivity index is 2.15. The molecule has 17 heavy (non-hydrogen) atoms. The van der Waals surface area contributed by atoms with Crippen molar-refractivity contribution in [1.29, 1.82) is 0 Å². The molecule has 6 heteroatoms. The van der Waals surface area contributed by atoms with Gasteiger partial charge in [0.15, 0.2) is 0 Å². The number of halogens is 1. The van der Waals surface area contributed by atoms with Crippen LogP contribution in [0.25, 0.3) is 0 Å². The van der Waals surface area contributed by atoms with Gasteiger partial charge in [-0.15, -0.1) is 11.3 Å². The van der Waals surface area contributed by atoms with E-state index in [2.05, 4.69) is 15.3 Å². The maximum Gasteiger partial charge on any atom is 0.133 e. The van der Waals surface area contributed by atoms with Crippen LogP contribution in [0, 0.1) is 6.92 Å². The highest BCUT2D eigenvalue weighted by Crippen LogP contribution is 2.23. The zero-order chi connectivity index (χ0) is 12.4. The highest BCUT2D eigenvalue weighted by Gasteiger charge is 2.10. The minimum atomic E-state index is 0.0825. The monoisotopic (exact) mass is 268 g/mol. The summed E-state index contributed by atoms with van der Waals surface area (Å²) >= 11 is 7.46. The lowest BCUT2D eigenvalue weighted by atomic mass is 10.3. The average Bonchev–Trinajstić information content (AvgIpc) is 2.63. The zero-order valence-corrected chi connectivity index (χ0v) is 11.1. The van der Waals surface area contributed by atoms with E-state index in [9.17, 15) is 0 Å². The first-order chi connectivity index (χ1) is 8.04. The molecule has 1 atom stereocenters. The number of aryl methyl sites for hydroxylation is 1. The van der Waals surface area contributed by atoms with Crippen LogP contribution >= 0.6 is 22.9 Å². The first-order valence-electron chi connectivity index (χ1n) is 5.16. The van der Waals surface area contributed by atoms with Gasteiger partial charge in [0.05, 0.1) is 6.04 Å². The Morgan fingerprint density at radius 2 is 2.18 bits per heavy atom. The van der Waals surface area contributed by atoms with Crippen molar-refractivity contribution < 1.29 is 0 Å². The van der Waals surface area contributed by atoms with Crippen molar-refractivity contribution in [3.8, 4) is 0 Å². The average molecular weight is 269 g/mol. The number of aromatic nitrogens is 2. The van der Waals surface area contributed by atoms with Crippen molar-refractivity contribution in [2.24, 2.45) is 0 Å². The molecule has 2 rings (SSSR count). The highest BCUT2D eigenvalue weighted by atomic mass is 35.5. The Hall–Kier alpha value is -1.33. The molecule has 0 radical (unpaired) electrons. The topological polar surface area (TPSA) is 63.8 Å². The van der Waals surface area contributed by atoms with Crippen molar-refractivity contribution in [3.05, 3.63) is 33.4 Å². The van der Waals surface area contributed by atoms with Gasteiger partial charge in [0.2, 0.25) is 0 Å². The first-order valence-corrected chi connectivity index (χ1v) is 6.42. The van der Waals surface area contributed by atoms with Gasteiger partial charge in [0.25, 0.3) is 0 Å². The number of rotatable bonds is 3. The molecule has 0 aliphatic carbocycles. The standard InChI is InChI=1S/C11H13ClN4S/c1-6-5-17-11(14-6)7(2)15-10-4-8(13)3-9(12)16-10/h3-5,7H,1-2H3,(H3,13,15,16). The predicted molar refractivity (Wildman–Crippen MR) is 72.5 cm³/mol. The second kappa shape index (κ2) is 4.89. The van der Waals surface area contributed by atoms with Gasteiger partial charge in [-0.1, -0.05) is 11.6 Å². The first kappa shape index (κ1) is 12.1. The molecule has 0 bridgehead atoms. The van der Waals surface area contributed by atoms with E-state index in [-0.39, 0.29) is 6.04 Å². The normalized spacial score (nSPS) is 12.4. The largest absolute Gasteiger partial charge is 0.399 e. The minimum absolute atomic E-state index is 0.0825. The molecular weight excluding hydrogens is 256 g/mol. The van der Waals surface area contributed by atoms with E-state index in [0.29, 0.717) is 16.7 Å². The van der Waals surface area contributed by atoms with E-state index in [1.165, 1.54) is 0 Å². The summed E-state index contributed by atoms with van der Waals surface area (Å²) in [6, 6.07) is 3.45. The summed E-state index contributed by atoms with van der Waals surface area (Å²) < 4.78 is 0. The summed E-state index contributed by atoms with van der Waals surface area (Å²) in [4.78, 5) is 8.57. The van der Waals surface area contributed by atoms with E-state index < -0.39 is 0 Å². The molecule has 90 valence electrons. The van der Waals surface area contributed by atoms with Crippen LogP contribution in [0.4, 0.5) is 11.5 Å². The SMILES string of the molecule is Cc1csc(C(C)Nc2cc(N)cc(Cl)n2)n1. The summed E-state index contributed by atoms with van der Waals surface area (Å²) in [5.74, 6) is 0.662. The lowest BCUT2D eigenvalue weighted by Crippen LogP contribution is -2.08. The maximum absolute atomic E-state index is 5.84. The number of nitrogens with one attached hydrogen (secondary N) is 1. The minimum Gasteiger partial charge on any atom is -0.399 e. The Bertz CT molecular complexity index is 506. The second-order valence-electron chi connectivity index (χ2n) is 3.80. The molecule has 0 aromatic carbocycles. The summed E-state index contributed by atoms with van der Waals surface area (Å²) in [5, 5.41) is 6.65. The molecule has 0 aliphatic heterocycles. The van der Waals surface area contributed by atoms with Gasteiger partial charge in [0, 0.05) is 22.8 Å². The third-order valence-electron chi connectivity index (χ3n) is 2.19. The molecule has 0 aliphatic rings. The van der Waals surface area contributed by atoms with Gasteiger partial charge < -0.3 is 11.1 Å². The molecule has 0 saturated carbocycles. The Morgan fingerprint density at radius 1 is 1.41 bits per heavy atom. The van der Waals surface area contributed by atoms with Crippen LogP contribution < -0.4 is 11.1 Å². The van der Waals surface area contributed by atoms with Crippen LogP contribution in [0.15, 0.2) is 17.5 Å². The molecule has 3 N–H and O–H groups in total. The summed E-state index contributed by atoms with van der Waals surface area (Å²) in [6.45, 7) is 4.00. The number of thiazole rings is 1. The van der Waals surface area contributed by atoms with Gasteiger partial charge in [0.1, 0.15) is 16.0 Å². The van der Waals surface area contributed by atoms with Crippen molar-refractivity contribution in [2.45, 2.75) is 19.9 Å². The number of nitrogen functional groups attached to an aromatic ring is 1. The summed E-state index contributed by atoms with van der Waals surface area (Å²) in [6.07, 6.45) is 0. The molecule has 2 heterocycles. The summed E-state index contributed by atoms with van der Waals surface area (Å²) in [5.41, 5.74) is 7.32. The van der Waals surface area contributed by atoms with Crippen LogP contribution in [0.2, 0.25) is 5.15 Å². The lowest BCUT2D eigenvalue weighted by molar-refractivity contribution is 0.856. The van der Waals surface area contributed by atoms with E-state index >= 15 is 0 Å². The zero-order valence-electron chi connectivity index (χ0n) is 9.57. The third-order valence-corrected chi connectivity index (χ3v) is 3.53. The predicted octanol–water partition coefficient (Wildman–Crippen LogP) is 3.26. The van der Waals surface area contributed by atoms with Crippen molar-refractivity contribution in [3.63, 3.8) is 0 Å². The Morgan fingerprint density at radius 3 is 2.76 bits per heavy atom. The van der Waals surface area contributed by atoms with E-state index in [4.69, 9.17) is 17.3 Å². The molecule has 4 nitrogen and oxygen atoms in total. The van der Waals surface area contributed by atoms with E-state index in [0.717, 1.165) is 10.7 Å². The van der Waals surface area contributed by atoms with Gasteiger partial charge in [-0.05, 0) is 19.9 Å². The fourth-order valence-corrected chi connectivity index (χ4v) is 2.47. The highest BCUT2D eigenvalue weighted by molar-refractivity contribution is 7.09.